The van der Waals surface area contributed by atoms with Gasteiger partial charge in [-0.05, 0) is 23.8 Å². The maximum atomic E-state index is 13.2. The van der Waals surface area contributed by atoms with Gasteiger partial charge in [-0.3, -0.25) is 19.1 Å². The van der Waals surface area contributed by atoms with Crippen molar-refractivity contribution >= 4 is 17.1 Å². The summed E-state index contributed by atoms with van der Waals surface area (Å²) >= 11 is 0. The third-order valence-electron chi connectivity index (χ3n) is 4.87. The zero-order valence-electron chi connectivity index (χ0n) is 16.6. The number of hydrogen-bond donors (Lipinski definition) is 0. The molecule has 4 rings (SSSR count). The fourth-order valence-corrected chi connectivity index (χ4v) is 3.31. The summed E-state index contributed by atoms with van der Waals surface area (Å²) in [5.41, 5.74) is 0.202. The number of amides is 1. The number of carbonyl (C=O) groups excluding carboxylic acids is 1. The number of hydrogen-bond acceptors (Lipinski definition) is 6. The summed E-state index contributed by atoms with van der Waals surface area (Å²) in [6.45, 7) is 0.0632. The highest BCUT2D eigenvalue weighted by molar-refractivity contribution is 5.76. The number of pyridine rings is 1. The summed E-state index contributed by atoms with van der Waals surface area (Å²) in [6.07, 6.45) is 6.30. The molecule has 4 aromatic rings. The summed E-state index contributed by atoms with van der Waals surface area (Å²) in [6, 6.07) is 7.12. The van der Waals surface area contributed by atoms with E-state index in [1.165, 1.54) is 33.7 Å². The SMILES string of the molecule is Cn1cnc2c1c(=O)n(CC(=O)N(Cc1cccnc1)Cc1ccco1)c(=O)n2C. The van der Waals surface area contributed by atoms with Crippen LogP contribution in [-0.4, -0.2) is 34.5 Å². The summed E-state index contributed by atoms with van der Waals surface area (Å²) in [7, 11) is 3.19. The van der Waals surface area contributed by atoms with Gasteiger partial charge in [-0.2, -0.15) is 0 Å². The zero-order chi connectivity index (χ0) is 21.3. The Morgan fingerprint density at radius 2 is 2.00 bits per heavy atom. The second kappa shape index (κ2) is 7.82. The molecular formula is C20H20N6O4. The molecule has 0 saturated carbocycles. The summed E-state index contributed by atoms with van der Waals surface area (Å²) in [4.78, 5) is 48.5. The van der Waals surface area contributed by atoms with Crippen molar-refractivity contribution in [3.8, 4) is 0 Å². The van der Waals surface area contributed by atoms with Gasteiger partial charge in [-0.15, -0.1) is 0 Å². The van der Waals surface area contributed by atoms with Crippen LogP contribution in [0.3, 0.4) is 0 Å². The first-order valence-corrected chi connectivity index (χ1v) is 9.25. The minimum Gasteiger partial charge on any atom is -0.467 e. The van der Waals surface area contributed by atoms with Gasteiger partial charge in [0.15, 0.2) is 11.2 Å². The van der Waals surface area contributed by atoms with Crippen LogP contribution in [0.4, 0.5) is 0 Å². The number of carbonyl (C=O) groups is 1. The largest absolute Gasteiger partial charge is 0.467 e. The lowest BCUT2D eigenvalue weighted by Crippen LogP contribution is -2.44. The summed E-state index contributed by atoms with van der Waals surface area (Å²) in [5.74, 6) is 0.200. The molecule has 0 fully saturated rings. The zero-order valence-corrected chi connectivity index (χ0v) is 16.6. The van der Waals surface area contributed by atoms with Crippen molar-refractivity contribution in [1.82, 2.24) is 28.6 Å². The third kappa shape index (κ3) is 3.54. The van der Waals surface area contributed by atoms with Crippen molar-refractivity contribution in [1.29, 1.82) is 0 Å². The average Bonchev–Trinajstić information content (AvgIpc) is 3.39. The van der Waals surface area contributed by atoms with Crippen molar-refractivity contribution < 1.29 is 9.21 Å². The number of imidazole rings is 1. The molecule has 0 radical (unpaired) electrons. The van der Waals surface area contributed by atoms with Crippen LogP contribution in [0.1, 0.15) is 11.3 Å². The second-order valence-electron chi connectivity index (χ2n) is 6.95. The molecule has 30 heavy (non-hydrogen) atoms. The lowest BCUT2D eigenvalue weighted by molar-refractivity contribution is -0.133. The maximum Gasteiger partial charge on any atom is 0.332 e. The molecule has 0 aliphatic rings. The van der Waals surface area contributed by atoms with Crippen LogP contribution < -0.4 is 11.2 Å². The van der Waals surface area contributed by atoms with Crippen molar-refractivity contribution in [2.45, 2.75) is 19.6 Å². The molecule has 0 unspecified atom stereocenters. The topological polar surface area (TPSA) is 108 Å². The Kier molecular flexibility index (Phi) is 5.05. The molecule has 1 amide bonds. The predicted octanol–water partition coefficient (Wildman–Crippen LogP) is 0.651. The Labute approximate surface area is 170 Å². The number of rotatable bonds is 6. The van der Waals surface area contributed by atoms with Crippen molar-refractivity contribution in [3.63, 3.8) is 0 Å². The van der Waals surface area contributed by atoms with Gasteiger partial charge in [-0.25, -0.2) is 14.3 Å². The Morgan fingerprint density at radius 3 is 2.70 bits per heavy atom. The summed E-state index contributed by atoms with van der Waals surface area (Å²) < 4.78 is 9.11. The first kappa shape index (κ1) is 19.4. The number of furan rings is 1. The quantitative estimate of drug-likeness (QED) is 0.464. The molecule has 10 heteroatoms. The molecule has 4 aromatic heterocycles. The third-order valence-corrected chi connectivity index (χ3v) is 4.87. The highest BCUT2D eigenvalue weighted by Gasteiger charge is 2.21. The molecule has 0 aliphatic carbocycles. The highest BCUT2D eigenvalue weighted by atomic mass is 16.3. The van der Waals surface area contributed by atoms with E-state index in [-0.39, 0.29) is 24.3 Å². The van der Waals surface area contributed by atoms with Gasteiger partial charge in [0.2, 0.25) is 5.91 Å². The molecule has 10 nitrogen and oxygen atoms in total. The van der Waals surface area contributed by atoms with Crippen molar-refractivity contribution in [3.05, 3.63) is 81.4 Å². The minimum absolute atomic E-state index is 0.198. The number of aromatic nitrogens is 5. The second-order valence-corrected chi connectivity index (χ2v) is 6.95. The van der Waals surface area contributed by atoms with Gasteiger partial charge >= 0.3 is 5.69 Å². The minimum atomic E-state index is -0.598. The molecule has 0 aliphatic heterocycles. The van der Waals surface area contributed by atoms with Gasteiger partial charge in [0.1, 0.15) is 12.3 Å². The fraction of sp³-hybridized carbons (Fsp3) is 0.250. The van der Waals surface area contributed by atoms with E-state index < -0.39 is 23.7 Å². The molecule has 0 bridgehead atoms. The van der Waals surface area contributed by atoms with Crippen LogP contribution in [-0.2, 0) is 38.5 Å². The van der Waals surface area contributed by atoms with E-state index in [9.17, 15) is 14.4 Å². The van der Waals surface area contributed by atoms with Crippen LogP contribution in [0.15, 0.2) is 63.3 Å². The molecule has 4 heterocycles. The smallest absolute Gasteiger partial charge is 0.332 e. The molecule has 0 atom stereocenters. The number of aryl methyl sites for hydroxylation is 2. The first-order chi connectivity index (χ1) is 14.5. The molecule has 154 valence electrons. The molecule has 0 aromatic carbocycles. The predicted molar refractivity (Wildman–Crippen MR) is 107 cm³/mol. The van der Waals surface area contributed by atoms with Crippen LogP contribution >= 0.6 is 0 Å². The van der Waals surface area contributed by atoms with E-state index in [0.717, 1.165) is 10.1 Å². The van der Waals surface area contributed by atoms with Gasteiger partial charge in [0.05, 0.1) is 19.1 Å². The Balaban J connectivity index is 1.69. The normalized spacial score (nSPS) is 11.1. The monoisotopic (exact) mass is 408 g/mol. The average molecular weight is 408 g/mol. The van der Waals surface area contributed by atoms with E-state index in [2.05, 4.69) is 9.97 Å². The van der Waals surface area contributed by atoms with Gasteiger partial charge in [0.25, 0.3) is 5.56 Å². The fourth-order valence-electron chi connectivity index (χ4n) is 3.31. The molecule has 0 spiro atoms. The Bertz CT molecular complexity index is 1300. The van der Waals surface area contributed by atoms with Crippen LogP contribution in [0.2, 0.25) is 0 Å². The van der Waals surface area contributed by atoms with Crippen LogP contribution in [0.5, 0.6) is 0 Å². The van der Waals surface area contributed by atoms with E-state index in [1.807, 2.05) is 6.07 Å². The highest BCUT2D eigenvalue weighted by Crippen LogP contribution is 2.11. The Hall–Kier alpha value is -3.95. The summed E-state index contributed by atoms with van der Waals surface area (Å²) in [5, 5.41) is 0. The van der Waals surface area contributed by atoms with Crippen LogP contribution in [0.25, 0.3) is 11.2 Å². The number of fused-ring (bicyclic) bond motifs is 1. The lowest BCUT2D eigenvalue weighted by Gasteiger charge is -2.22. The molecular weight excluding hydrogens is 388 g/mol. The van der Waals surface area contributed by atoms with Crippen LogP contribution in [0, 0.1) is 0 Å². The van der Waals surface area contributed by atoms with Gasteiger partial charge < -0.3 is 13.9 Å². The Morgan fingerprint density at radius 1 is 1.17 bits per heavy atom. The number of nitrogens with zero attached hydrogens (tertiary/aromatic N) is 6. The van der Waals surface area contributed by atoms with Crippen molar-refractivity contribution in [2.24, 2.45) is 14.1 Å². The standard InChI is InChI=1S/C20H20N6O4/c1-23-13-22-18-17(23)19(28)26(20(29)24(18)2)12-16(27)25(11-15-6-4-8-30-15)10-14-5-3-7-21-9-14/h3-9,13H,10-12H2,1-2H3. The molecule has 0 saturated heterocycles. The molecule has 0 N–H and O–H groups in total. The van der Waals surface area contributed by atoms with E-state index in [4.69, 9.17) is 4.42 Å². The van der Waals surface area contributed by atoms with Gasteiger partial charge in [-0.1, -0.05) is 6.07 Å². The van der Waals surface area contributed by atoms with Gasteiger partial charge in [0, 0.05) is 33.0 Å². The van der Waals surface area contributed by atoms with E-state index >= 15 is 0 Å². The van der Waals surface area contributed by atoms with E-state index in [0.29, 0.717) is 5.76 Å². The lowest BCUT2D eigenvalue weighted by atomic mass is 10.2. The van der Waals surface area contributed by atoms with Crippen molar-refractivity contribution in [2.75, 3.05) is 0 Å². The first-order valence-electron chi connectivity index (χ1n) is 9.25. The van der Waals surface area contributed by atoms with E-state index in [1.54, 1.807) is 37.6 Å². The maximum absolute atomic E-state index is 13.2.